The monoisotopic (exact) mass is 295 g/mol. The molecule has 1 heterocycles. The maximum atomic E-state index is 13.1. The van der Waals surface area contributed by atoms with Gasteiger partial charge >= 0.3 is 0 Å². The summed E-state index contributed by atoms with van der Waals surface area (Å²) in [6.45, 7) is 0.491. The van der Waals surface area contributed by atoms with E-state index in [1.807, 2.05) is 19.0 Å². The number of likely N-dealkylation sites (N-methyl/N-ethyl adjacent to an activating group) is 1. The average Bonchev–Trinajstić information content (AvgIpc) is 2.87. The Labute approximate surface area is 119 Å². The van der Waals surface area contributed by atoms with Crippen molar-refractivity contribution < 1.29 is 13.8 Å². The number of nitro groups is 1. The number of halogens is 1. The molecule has 0 saturated heterocycles. The first-order valence-corrected chi connectivity index (χ1v) is 6.06. The van der Waals surface area contributed by atoms with Crippen LogP contribution in [0.4, 0.5) is 10.1 Å². The number of benzene rings is 1. The Kier molecular flexibility index (Phi) is 4.24. The Balaban J connectivity index is 2.36. The summed E-state index contributed by atoms with van der Waals surface area (Å²) in [5.74, 6) is -0.544. The first kappa shape index (κ1) is 15.0. The van der Waals surface area contributed by atoms with Crippen molar-refractivity contribution in [2.24, 2.45) is 5.73 Å². The van der Waals surface area contributed by atoms with Crippen molar-refractivity contribution in [2.75, 3.05) is 20.6 Å². The van der Waals surface area contributed by atoms with E-state index in [4.69, 9.17) is 10.3 Å². The molecule has 1 atom stereocenters. The average molecular weight is 295 g/mol. The lowest BCUT2D eigenvalue weighted by atomic mass is 10.1. The molecule has 112 valence electrons. The fourth-order valence-electron chi connectivity index (χ4n) is 1.81. The molecule has 1 aromatic heterocycles. The van der Waals surface area contributed by atoms with Gasteiger partial charge in [0.2, 0.25) is 0 Å². The lowest BCUT2D eigenvalue weighted by Crippen LogP contribution is -2.26. The molecule has 1 aromatic carbocycles. The van der Waals surface area contributed by atoms with E-state index in [2.05, 4.69) is 10.1 Å². The summed E-state index contributed by atoms with van der Waals surface area (Å²) in [5.41, 5.74) is 5.50. The maximum absolute atomic E-state index is 13.1. The van der Waals surface area contributed by atoms with E-state index in [0.29, 0.717) is 6.54 Å². The molecule has 2 rings (SSSR count). The van der Waals surface area contributed by atoms with Gasteiger partial charge in [0.15, 0.2) is 5.82 Å². The molecule has 0 bridgehead atoms. The highest BCUT2D eigenvalue weighted by Crippen LogP contribution is 2.29. The van der Waals surface area contributed by atoms with Crippen LogP contribution in [0.25, 0.3) is 11.5 Å². The molecule has 0 saturated carbocycles. The van der Waals surface area contributed by atoms with Crippen molar-refractivity contribution in [3.8, 4) is 11.5 Å². The van der Waals surface area contributed by atoms with Gasteiger partial charge in [-0.25, -0.2) is 4.39 Å². The van der Waals surface area contributed by atoms with Gasteiger partial charge in [-0.1, -0.05) is 5.16 Å². The lowest BCUT2D eigenvalue weighted by Gasteiger charge is -2.12. The third-order valence-corrected chi connectivity index (χ3v) is 2.72. The summed E-state index contributed by atoms with van der Waals surface area (Å²) in [5, 5.41) is 14.7. The van der Waals surface area contributed by atoms with E-state index in [9.17, 15) is 14.5 Å². The molecule has 0 spiro atoms. The fourth-order valence-corrected chi connectivity index (χ4v) is 1.81. The predicted octanol–water partition coefficient (Wildman–Crippen LogP) is 1.35. The number of hydrogen-bond donors (Lipinski definition) is 1. The van der Waals surface area contributed by atoms with Crippen LogP contribution < -0.4 is 5.73 Å². The van der Waals surface area contributed by atoms with Crippen molar-refractivity contribution in [3.05, 3.63) is 40.0 Å². The van der Waals surface area contributed by atoms with Crippen LogP contribution in [0.1, 0.15) is 11.9 Å². The minimum absolute atomic E-state index is 0.0530. The molecule has 0 aliphatic heterocycles. The van der Waals surface area contributed by atoms with Gasteiger partial charge in [-0.3, -0.25) is 10.1 Å². The first-order chi connectivity index (χ1) is 9.88. The summed E-state index contributed by atoms with van der Waals surface area (Å²) < 4.78 is 18.1. The van der Waals surface area contributed by atoms with Crippen LogP contribution in [0.3, 0.4) is 0 Å². The van der Waals surface area contributed by atoms with Crippen LogP contribution in [-0.4, -0.2) is 40.6 Å². The van der Waals surface area contributed by atoms with Crippen LogP contribution in [-0.2, 0) is 0 Å². The zero-order valence-corrected chi connectivity index (χ0v) is 11.5. The van der Waals surface area contributed by atoms with Crippen LogP contribution in [0.15, 0.2) is 22.7 Å². The predicted molar refractivity (Wildman–Crippen MR) is 71.8 cm³/mol. The molecule has 0 aliphatic rings. The van der Waals surface area contributed by atoms with Gasteiger partial charge in [0, 0.05) is 6.54 Å². The van der Waals surface area contributed by atoms with Crippen molar-refractivity contribution in [2.45, 2.75) is 6.04 Å². The normalized spacial score (nSPS) is 12.6. The molecule has 2 N–H and O–H groups in total. The van der Waals surface area contributed by atoms with Gasteiger partial charge in [0.05, 0.1) is 17.0 Å². The summed E-state index contributed by atoms with van der Waals surface area (Å²) in [6, 6.07) is 2.63. The quantitative estimate of drug-likeness (QED) is 0.654. The summed E-state index contributed by atoms with van der Waals surface area (Å²) in [6.07, 6.45) is 0. The number of rotatable bonds is 5. The van der Waals surface area contributed by atoms with Crippen molar-refractivity contribution in [1.29, 1.82) is 0 Å². The Morgan fingerprint density at radius 3 is 2.86 bits per heavy atom. The molecular weight excluding hydrogens is 281 g/mol. The second-order valence-electron chi connectivity index (χ2n) is 4.75. The first-order valence-electron chi connectivity index (χ1n) is 6.06. The molecule has 0 amide bonds. The minimum atomic E-state index is -0.713. The Hall–Kier alpha value is -2.39. The molecule has 0 radical (unpaired) electrons. The van der Waals surface area contributed by atoms with Gasteiger partial charge in [-0.15, -0.1) is 0 Å². The lowest BCUT2D eigenvalue weighted by molar-refractivity contribution is -0.384. The highest BCUT2D eigenvalue weighted by Gasteiger charge is 2.23. The van der Waals surface area contributed by atoms with E-state index in [-0.39, 0.29) is 17.3 Å². The third kappa shape index (κ3) is 3.38. The smallest absolute Gasteiger partial charge is 0.285 e. The Morgan fingerprint density at radius 1 is 1.52 bits per heavy atom. The Morgan fingerprint density at radius 2 is 2.24 bits per heavy atom. The summed E-state index contributed by atoms with van der Waals surface area (Å²) in [4.78, 5) is 16.1. The van der Waals surface area contributed by atoms with Crippen molar-refractivity contribution in [1.82, 2.24) is 15.0 Å². The van der Waals surface area contributed by atoms with Gasteiger partial charge in [0.1, 0.15) is 11.4 Å². The number of nitro benzene ring substituents is 1. The van der Waals surface area contributed by atoms with Crippen LogP contribution in [0, 0.1) is 15.9 Å². The SMILES string of the molecule is CN(C)CC(N)c1noc(-c2ccc(F)cc2[N+](=O)[O-])n1. The molecule has 0 aliphatic carbocycles. The molecule has 1 unspecified atom stereocenters. The van der Waals surface area contributed by atoms with E-state index in [0.717, 1.165) is 12.1 Å². The number of aromatic nitrogens is 2. The zero-order valence-electron chi connectivity index (χ0n) is 11.5. The van der Waals surface area contributed by atoms with E-state index in [1.54, 1.807) is 0 Å². The van der Waals surface area contributed by atoms with Gasteiger partial charge < -0.3 is 15.2 Å². The summed E-state index contributed by atoms with van der Waals surface area (Å²) >= 11 is 0. The zero-order chi connectivity index (χ0) is 15.6. The molecule has 0 fully saturated rings. The van der Waals surface area contributed by atoms with Crippen LogP contribution >= 0.6 is 0 Å². The third-order valence-electron chi connectivity index (χ3n) is 2.72. The van der Waals surface area contributed by atoms with Gasteiger partial charge in [0.25, 0.3) is 11.6 Å². The molecule has 8 nitrogen and oxygen atoms in total. The number of nitrogens with two attached hydrogens (primary N) is 1. The molecular formula is C12H14FN5O3. The van der Waals surface area contributed by atoms with Crippen molar-refractivity contribution in [3.63, 3.8) is 0 Å². The van der Waals surface area contributed by atoms with Crippen molar-refractivity contribution >= 4 is 5.69 Å². The van der Waals surface area contributed by atoms with E-state index < -0.39 is 22.5 Å². The van der Waals surface area contributed by atoms with Gasteiger partial charge in [-0.05, 0) is 26.2 Å². The Bertz CT molecular complexity index is 658. The number of nitrogens with zero attached hydrogens (tertiary/aromatic N) is 4. The van der Waals surface area contributed by atoms with E-state index >= 15 is 0 Å². The van der Waals surface area contributed by atoms with Crippen LogP contribution in [0.2, 0.25) is 0 Å². The molecule has 2 aromatic rings. The van der Waals surface area contributed by atoms with E-state index in [1.165, 1.54) is 6.07 Å². The highest BCUT2D eigenvalue weighted by atomic mass is 19.1. The maximum Gasteiger partial charge on any atom is 0.285 e. The largest absolute Gasteiger partial charge is 0.334 e. The highest BCUT2D eigenvalue weighted by molar-refractivity contribution is 5.66. The second-order valence-corrected chi connectivity index (χ2v) is 4.75. The number of hydrogen-bond acceptors (Lipinski definition) is 7. The minimum Gasteiger partial charge on any atom is -0.334 e. The second kappa shape index (κ2) is 5.94. The molecule has 9 heteroatoms. The fraction of sp³-hybridized carbons (Fsp3) is 0.333. The van der Waals surface area contributed by atoms with Crippen LogP contribution in [0.5, 0.6) is 0 Å². The molecule has 21 heavy (non-hydrogen) atoms. The summed E-state index contributed by atoms with van der Waals surface area (Å²) in [7, 11) is 3.68. The standard InChI is InChI=1S/C12H14FN5O3/c1-17(2)6-9(14)11-15-12(21-16-11)8-4-3-7(13)5-10(8)18(19)20/h3-5,9H,6,14H2,1-2H3. The van der Waals surface area contributed by atoms with Gasteiger partial charge in [-0.2, -0.15) is 4.98 Å². The topological polar surface area (TPSA) is 111 Å².